The van der Waals surface area contributed by atoms with Crippen LogP contribution in [0.4, 0.5) is 0 Å². The Morgan fingerprint density at radius 1 is 1.25 bits per heavy atom. The van der Waals surface area contributed by atoms with Gasteiger partial charge in [0, 0.05) is 6.42 Å². The fraction of sp³-hybridized carbons (Fsp3) is 0.500. The van der Waals surface area contributed by atoms with Crippen LogP contribution in [0.2, 0.25) is 0 Å². The first-order valence-corrected chi connectivity index (χ1v) is 5.46. The zero-order chi connectivity index (χ0) is 11.2. The summed E-state index contributed by atoms with van der Waals surface area (Å²) in [6.07, 6.45) is 0.635. The molecule has 1 aliphatic rings. The molecule has 1 saturated heterocycles. The third-order valence-electron chi connectivity index (χ3n) is 2.48. The van der Waals surface area contributed by atoms with Crippen LogP contribution in [0.1, 0.15) is 18.4 Å². The molecule has 1 aromatic rings. The Kier molecular flexibility index (Phi) is 4.30. The molecule has 2 rings (SSSR count). The molecule has 0 bridgehead atoms. The highest BCUT2D eigenvalue weighted by Crippen LogP contribution is 2.15. The van der Waals surface area contributed by atoms with E-state index in [-0.39, 0.29) is 6.10 Å². The van der Waals surface area contributed by atoms with Gasteiger partial charge in [-0.1, -0.05) is 30.3 Å². The molecular weight excluding hydrogens is 208 g/mol. The highest BCUT2D eigenvalue weighted by molar-refractivity contribution is 5.13. The smallest absolute Gasteiger partial charge is 0.154 e. The summed E-state index contributed by atoms with van der Waals surface area (Å²) in [5.41, 5.74) is 1.07. The van der Waals surface area contributed by atoms with E-state index < -0.39 is 6.29 Å². The summed E-state index contributed by atoms with van der Waals surface area (Å²) >= 11 is 0. The van der Waals surface area contributed by atoms with Crippen LogP contribution in [0.3, 0.4) is 0 Å². The topological polar surface area (TPSA) is 47.9 Å². The fourth-order valence-electron chi connectivity index (χ4n) is 1.56. The molecule has 1 N–H and O–H groups in total. The number of ether oxygens (including phenoxy) is 1. The maximum Gasteiger partial charge on any atom is 0.154 e. The van der Waals surface area contributed by atoms with Gasteiger partial charge in [-0.25, -0.2) is 9.78 Å². The standard InChI is InChI=1S/C12H16O4/c13-12-7-6-11(9-14-12)16-15-8-10-4-2-1-3-5-10/h1-5,11-13H,6-9H2. The van der Waals surface area contributed by atoms with Gasteiger partial charge in [0.25, 0.3) is 0 Å². The molecule has 16 heavy (non-hydrogen) atoms. The highest BCUT2D eigenvalue weighted by atomic mass is 17.2. The minimum Gasteiger partial charge on any atom is -0.368 e. The highest BCUT2D eigenvalue weighted by Gasteiger charge is 2.20. The van der Waals surface area contributed by atoms with E-state index in [1.165, 1.54) is 0 Å². The summed E-state index contributed by atoms with van der Waals surface area (Å²) in [5.74, 6) is 0. The summed E-state index contributed by atoms with van der Waals surface area (Å²) in [7, 11) is 0. The summed E-state index contributed by atoms with van der Waals surface area (Å²) in [4.78, 5) is 10.3. The van der Waals surface area contributed by atoms with Crippen molar-refractivity contribution in [1.82, 2.24) is 0 Å². The van der Waals surface area contributed by atoms with Crippen LogP contribution in [0.5, 0.6) is 0 Å². The van der Waals surface area contributed by atoms with Gasteiger partial charge >= 0.3 is 0 Å². The number of aliphatic hydroxyl groups excluding tert-OH is 1. The largest absolute Gasteiger partial charge is 0.368 e. The van der Waals surface area contributed by atoms with E-state index in [1.807, 2.05) is 30.3 Å². The van der Waals surface area contributed by atoms with Crippen LogP contribution in [0.15, 0.2) is 30.3 Å². The SMILES string of the molecule is OC1CCC(OOCc2ccccc2)CO1. The molecule has 2 atom stereocenters. The average Bonchev–Trinajstić information content (AvgIpc) is 2.33. The van der Waals surface area contributed by atoms with E-state index in [9.17, 15) is 0 Å². The van der Waals surface area contributed by atoms with Crippen molar-refractivity contribution in [3.8, 4) is 0 Å². The first-order valence-electron chi connectivity index (χ1n) is 5.46. The van der Waals surface area contributed by atoms with Crippen LogP contribution in [-0.2, 0) is 21.1 Å². The summed E-state index contributed by atoms with van der Waals surface area (Å²) in [5, 5.41) is 9.11. The minimum atomic E-state index is -0.644. The molecule has 0 radical (unpaired) electrons. The van der Waals surface area contributed by atoms with Gasteiger partial charge in [0.1, 0.15) is 12.7 Å². The minimum absolute atomic E-state index is 0.0767. The third-order valence-corrected chi connectivity index (χ3v) is 2.48. The van der Waals surface area contributed by atoms with Gasteiger partial charge in [-0.15, -0.1) is 0 Å². The van der Waals surface area contributed by atoms with Crippen LogP contribution in [0.25, 0.3) is 0 Å². The van der Waals surface area contributed by atoms with Gasteiger partial charge in [-0.2, -0.15) is 0 Å². The molecule has 1 heterocycles. The second kappa shape index (κ2) is 5.96. The van der Waals surface area contributed by atoms with Crippen molar-refractivity contribution in [1.29, 1.82) is 0 Å². The second-order valence-electron chi connectivity index (χ2n) is 3.83. The van der Waals surface area contributed by atoms with Crippen molar-refractivity contribution in [2.45, 2.75) is 31.8 Å². The van der Waals surface area contributed by atoms with Crippen LogP contribution < -0.4 is 0 Å². The lowest BCUT2D eigenvalue weighted by Crippen LogP contribution is -2.31. The molecule has 0 aliphatic carbocycles. The van der Waals surface area contributed by atoms with Crippen molar-refractivity contribution in [3.63, 3.8) is 0 Å². The maximum atomic E-state index is 9.11. The van der Waals surface area contributed by atoms with Crippen molar-refractivity contribution < 1.29 is 19.6 Å². The first kappa shape index (κ1) is 11.5. The predicted molar refractivity (Wildman–Crippen MR) is 57.3 cm³/mol. The predicted octanol–water partition coefficient (Wildman–Crippen LogP) is 1.63. The molecule has 1 aliphatic heterocycles. The Bertz CT molecular complexity index is 293. The van der Waals surface area contributed by atoms with E-state index in [0.29, 0.717) is 19.6 Å². The molecule has 88 valence electrons. The average molecular weight is 224 g/mol. The van der Waals surface area contributed by atoms with Crippen LogP contribution in [0, 0.1) is 0 Å². The Morgan fingerprint density at radius 3 is 2.75 bits per heavy atom. The molecule has 1 aromatic carbocycles. The van der Waals surface area contributed by atoms with Crippen molar-refractivity contribution in [2.75, 3.05) is 6.61 Å². The molecule has 1 fully saturated rings. The first-order chi connectivity index (χ1) is 7.84. The molecule has 0 saturated carbocycles. The van der Waals surface area contributed by atoms with E-state index in [4.69, 9.17) is 19.6 Å². The van der Waals surface area contributed by atoms with Crippen LogP contribution >= 0.6 is 0 Å². The van der Waals surface area contributed by atoms with E-state index >= 15 is 0 Å². The van der Waals surface area contributed by atoms with E-state index in [1.54, 1.807) is 0 Å². The molecule has 4 heteroatoms. The molecule has 4 nitrogen and oxygen atoms in total. The van der Waals surface area contributed by atoms with Gasteiger partial charge in [0.05, 0.1) is 6.61 Å². The van der Waals surface area contributed by atoms with Crippen molar-refractivity contribution >= 4 is 0 Å². The summed E-state index contributed by atoms with van der Waals surface area (Å²) in [6, 6.07) is 9.83. The summed E-state index contributed by atoms with van der Waals surface area (Å²) < 4.78 is 5.04. The number of benzene rings is 1. The fourth-order valence-corrected chi connectivity index (χ4v) is 1.56. The van der Waals surface area contributed by atoms with Gasteiger partial charge in [-0.3, -0.25) is 0 Å². The van der Waals surface area contributed by atoms with E-state index in [0.717, 1.165) is 12.0 Å². The van der Waals surface area contributed by atoms with Crippen molar-refractivity contribution in [3.05, 3.63) is 35.9 Å². The van der Waals surface area contributed by atoms with Gasteiger partial charge in [-0.05, 0) is 12.0 Å². The Morgan fingerprint density at radius 2 is 2.06 bits per heavy atom. The molecular formula is C12H16O4. The Labute approximate surface area is 94.7 Å². The molecule has 0 amide bonds. The van der Waals surface area contributed by atoms with Gasteiger partial charge in [0.2, 0.25) is 0 Å². The van der Waals surface area contributed by atoms with Gasteiger partial charge < -0.3 is 9.84 Å². The number of hydrogen-bond acceptors (Lipinski definition) is 4. The Hall–Kier alpha value is -0.940. The Balaban J connectivity index is 1.65. The zero-order valence-corrected chi connectivity index (χ0v) is 9.04. The number of aliphatic hydroxyl groups is 1. The molecule has 0 aromatic heterocycles. The summed E-state index contributed by atoms with van der Waals surface area (Å²) in [6.45, 7) is 0.815. The lowest BCUT2D eigenvalue weighted by atomic mass is 10.1. The van der Waals surface area contributed by atoms with Crippen molar-refractivity contribution in [2.24, 2.45) is 0 Å². The second-order valence-corrected chi connectivity index (χ2v) is 3.83. The zero-order valence-electron chi connectivity index (χ0n) is 9.04. The van der Waals surface area contributed by atoms with Crippen LogP contribution in [-0.4, -0.2) is 24.1 Å². The lowest BCUT2D eigenvalue weighted by molar-refractivity contribution is -0.352. The van der Waals surface area contributed by atoms with E-state index in [2.05, 4.69) is 0 Å². The number of hydrogen-bond donors (Lipinski definition) is 1. The normalized spacial score (nSPS) is 25.6. The monoisotopic (exact) mass is 224 g/mol. The van der Waals surface area contributed by atoms with Gasteiger partial charge in [0.15, 0.2) is 6.29 Å². The quantitative estimate of drug-likeness (QED) is 0.623. The maximum absolute atomic E-state index is 9.11. The third kappa shape index (κ3) is 3.57. The molecule has 0 spiro atoms. The molecule has 2 unspecified atom stereocenters. The number of rotatable bonds is 4. The lowest BCUT2D eigenvalue weighted by Gasteiger charge is -2.24.